The summed E-state index contributed by atoms with van der Waals surface area (Å²) in [6.07, 6.45) is 0. The van der Waals surface area contributed by atoms with E-state index in [4.69, 9.17) is 0 Å². The van der Waals surface area contributed by atoms with Crippen LogP contribution < -0.4 is 19.2 Å². The van der Waals surface area contributed by atoms with E-state index in [-0.39, 0.29) is 0 Å². The zero-order valence-electron chi connectivity index (χ0n) is 17.6. The summed E-state index contributed by atoms with van der Waals surface area (Å²) in [5.41, 5.74) is 5.33. The second-order valence-corrected chi connectivity index (χ2v) is 8.11. The van der Waals surface area contributed by atoms with Gasteiger partial charge in [-0.25, -0.2) is 5.12 Å². The Morgan fingerprint density at radius 2 is 0.833 bits per heavy atom. The zero-order valence-corrected chi connectivity index (χ0v) is 18.4. The fourth-order valence-electron chi connectivity index (χ4n) is 3.08. The van der Waals surface area contributed by atoms with Crippen molar-refractivity contribution in [1.29, 1.82) is 0 Å². The average molecular weight is 426 g/mol. The Morgan fingerprint density at radius 1 is 0.567 bits per heavy atom. The maximum atomic E-state index is 13.4. The summed E-state index contributed by atoms with van der Waals surface area (Å²) in [4.78, 5) is 4.11. The Balaban J connectivity index is 1.73. The maximum absolute atomic E-state index is 13.4. The third kappa shape index (κ3) is 4.82. The summed E-state index contributed by atoms with van der Waals surface area (Å²) in [5.74, 6) is 0. The molecule has 0 fully saturated rings. The average Bonchev–Trinajstić information content (AvgIpc) is 2.77. The van der Waals surface area contributed by atoms with E-state index in [0.717, 1.165) is 28.4 Å². The predicted molar refractivity (Wildman–Crippen MR) is 129 cm³/mol. The van der Waals surface area contributed by atoms with Gasteiger partial charge in [-0.05, 0) is 24.3 Å². The van der Waals surface area contributed by atoms with Gasteiger partial charge in [0.25, 0.3) is 0 Å². The molecule has 0 spiro atoms. The summed E-state index contributed by atoms with van der Waals surface area (Å²) in [5, 5.41) is 0.592. The van der Waals surface area contributed by atoms with Crippen molar-refractivity contribution >= 4 is 51.7 Å². The van der Waals surface area contributed by atoms with Gasteiger partial charge in [-0.15, -0.1) is 4.48 Å². The van der Waals surface area contributed by atoms with Gasteiger partial charge in [0, 0.05) is 19.8 Å². The predicted octanol–water partition coefficient (Wildman–Crippen LogP) is 5.86. The summed E-state index contributed by atoms with van der Waals surface area (Å²) < 4.78 is 28.1. The van der Waals surface area contributed by atoms with E-state index < -0.39 is 10.9 Å². The summed E-state index contributed by atoms with van der Waals surface area (Å²) in [6, 6.07) is 23.1. The standard InChI is InChI=1S/C22H25BF2N4S/c1-26(19-9-13-21(14-10-19)28(3)24)17-5-7-18(8-6-17)27(2)20-11-15-22(16-12-20)29(4)30(23)25/h5-16,23H,1-4H3. The molecule has 0 saturated carbocycles. The SMILES string of the molecule is B=S(F)N(C)c1ccc(N(C)c2ccc(N(C)c3ccc(N(C)F)cc3)cc2)cc1. The van der Waals surface area contributed by atoms with Crippen molar-refractivity contribution in [3.05, 3.63) is 72.8 Å². The van der Waals surface area contributed by atoms with Crippen molar-refractivity contribution in [1.82, 2.24) is 0 Å². The molecule has 0 amide bonds. The number of nitrogens with zero attached hydrogens (tertiary/aromatic N) is 4. The van der Waals surface area contributed by atoms with Crippen LogP contribution in [0.5, 0.6) is 0 Å². The van der Waals surface area contributed by atoms with Gasteiger partial charge in [-0.2, -0.15) is 0 Å². The van der Waals surface area contributed by atoms with Crippen molar-refractivity contribution in [2.45, 2.75) is 0 Å². The molecule has 3 aromatic rings. The van der Waals surface area contributed by atoms with E-state index in [9.17, 15) is 8.37 Å². The van der Waals surface area contributed by atoms with Gasteiger partial charge >= 0.3 is 121 Å². The number of halogens is 2. The minimum absolute atomic E-state index is 0.513. The molecule has 0 aliphatic rings. The molecule has 0 N–H and O–H groups in total. The molecule has 30 heavy (non-hydrogen) atoms. The van der Waals surface area contributed by atoms with Crippen LogP contribution in [0.4, 0.5) is 42.5 Å². The van der Waals surface area contributed by atoms with Gasteiger partial charge in [0.05, 0.1) is 5.69 Å². The topological polar surface area (TPSA) is 13.0 Å². The Bertz CT molecular complexity index is 995. The molecule has 0 aliphatic carbocycles. The van der Waals surface area contributed by atoms with Crippen LogP contribution in [0.15, 0.2) is 72.8 Å². The quantitative estimate of drug-likeness (QED) is 0.346. The van der Waals surface area contributed by atoms with Crippen molar-refractivity contribution < 1.29 is 8.37 Å². The third-order valence-corrected chi connectivity index (χ3v) is 5.92. The first-order valence-electron chi connectivity index (χ1n) is 9.39. The summed E-state index contributed by atoms with van der Waals surface area (Å²) in [7, 11) is 5.48. The van der Waals surface area contributed by atoms with Gasteiger partial charge < -0.3 is 0 Å². The van der Waals surface area contributed by atoms with Gasteiger partial charge in [0.1, 0.15) is 0 Å². The summed E-state index contributed by atoms with van der Waals surface area (Å²) in [6.45, 7) is 3.43. The molecule has 0 bridgehead atoms. The van der Waals surface area contributed by atoms with Gasteiger partial charge in [0.15, 0.2) is 0 Å². The molecule has 156 valence electrons. The van der Waals surface area contributed by atoms with E-state index in [1.54, 1.807) is 19.2 Å². The monoisotopic (exact) mass is 426 g/mol. The first-order valence-corrected chi connectivity index (χ1v) is 10.6. The number of anilines is 6. The van der Waals surface area contributed by atoms with Crippen molar-refractivity contribution in [2.24, 2.45) is 0 Å². The van der Waals surface area contributed by atoms with E-state index >= 15 is 0 Å². The molecule has 3 aromatic carbocycles. The van der Waals surface area contributed by atoms with E-state index in [1.807, 2.05) is 79.7 Å². The molecule has 1 atom stereocenters. The molecule has 8 heteroatoms. The zero-order chi connectivity index (χ0) is 21.8. The molecule has 0 aliphatic heterocycles. The second kappa shape index (κ2) is 9.30. The van der Waals surface area contributed by atoms with Crippen LogP contribution in [0, 0.1) is 0 Å². The number of benzene rings is 3. The molecular weight excluding hydrogens is 401 g/mol. The van der Waals surface area contributed by atoms with Crippen molar-refractivity contribution in [3.63, 3.8) is 0 Å². The van der Waals surface area contributed by atoms with Crippen LogP contribution in [0.3, 0.4) is 0 Å². The minimum atomic E-state index is -1.55. The third-order valence-electron chi connectivity index (χ3n) is 5.11. The number of rotatable bonds is 7. The van der Waals surface area contributed by atoms with Gasteiger partial charge in [0.2, 0.25) is 0 Å². The molecule has 0 saturated heterocycles. The number of hydrogen-bond acceptors (Lipinski definition) is 4. The van der Waals surface area contributed by atoms with Crippen LogP contribution >= 0.6 is 10.9 Å². The first kappa shape index (κ1) is 21.8. The molecule has 0 radical (unpaired) electrons. The molecule has 0 aromatic heterocycles. The van der Waals surface area contributed by atoms with Crippen LogP contribution in [0.2, 0.25) is 0 Å². The number of hydrogen-bond donors (Lipinski definition) is 0. The fourth-order valence-corrected chi connectivity index (χ4v) is 3.43. The van der Waals surface area contributed by atoms with E-state index in [0.29, 0.717) is 10.8 Å². The Labute approximate surface area is 180 Å². The van der Waals surface area contributed by atoms with Crippen LogP contribution in [0.1, 0.15) is 0 Å². The van der Waals surface area contributed by atoms with Crippen LogP contribution in [0.25, 0.3) is 0 Å². The molecule has 1 unspecified atom stereocenters. The van der Waals surface area contributed by atoms with Crippen LogP contribution in [-0.4, -0.2) is 34.9 Å². The molecular formula is C22H25BF2N4S. The van der Waals surface area contributed by atoms with Crippen molar-refractivity contribution in [2.75, 3.05) is 47.4 Å². The Hall–Kier alpha value is -2.87. The summed E-state index contributed by atoms with van der Waals surface area (Å²) >= 11 is 0. The van der Waals surface area contributed by atoms with Crippen molar-refractivity contribution in [3.8, 4) is 0 Å². The normalized spacial score (nSPS) is 11.6. The molecule has 0 heterocycles. The van der Waals surface area contributed by atoms with E-state index in [1.165, 1.54) is 11.4 Å². The van der Waals surface area contributed by atoms with Gasteiger partial charge in [-0.3, -0.25) is 0 Å². The Morgan fingerprint density at radius 3 is 1.10 bits per heavy atom. The fraction of sp³-hybridized carbons (Fsp3) is 0.182. The van der Waals surface area contributed by atoms with Gasteiger partial charge in [-0.1, -0.05) is 0 Å². The molecule has 4 nitrogen and oxygen atoms in total. The first-order chi connectivity index (χ1) is 14.3. The second-order valence-electron chi connectivity index (χ2n) is 6.95. The molecule has 3 rings (SSSR count). The van der Waals surface area contributed by atoms with Crippen LogP contribution in [-0.2, 0) is 0 Å². The van der Waals surface area contributed by atoms with E-state index in [2.05, 4.69) is 11.6 Å². The Kier molecular flexibility index (Phi) is 6.77.